The van der Waals surface area contributed by atoms with Crippen LogP contribution in [0.3, 0.4) is 0 Å². The van der Waals surface area contributed by atoms with E-state index in [1.165, 1.54) is 7.11 Å². The van der Waals surface area contributed by atoms with Crippen LogP contribution in [-0.2, 0) is 9.53 Å². The number of ether oxygens (including phenoxy) is 3. The number of nitrogens with one attached hydrogen (secondary N) is 1. The third-order valence-corrected chi connectivity index (χ3v) is 6.00. The van der Waals surface area contributed by atoms with Gasteiger partial charge in [0.05, 0.1) is 25.6 Å². The second kappa shape index (κ2) is 9.90. The normalized spacial score (nSPS) is 24.3. The highest BCUT2D eigenvalue weighted by Crippen LogP contribution is 2.55. The minimum Gasteiger partial charge on any atom is -0.488 e. The summed E-state index contributed by atoms with van der Waals surface area (Å²) in [5.74, 6) is -8.89. The van der Waals surface area contributed by atoms with E-state index in [1.54, 1.807) is 0 Å². The Hall–Kier alpha value is -3.06. The van der Waals surface area contributed by atoms with Gasteiger partial charge in [0.1, 0.15) is 12.7 Å². The monoisotopic (exact) mass is 508 g/mol. The number of aromatic nitrogens is 1. The number of alkyl halides is 3. The van der Waals surface area contributed by atoms with E-state index < -0.39 is 77.7 Å². The number of carbonyl (C=O) groups excluding carboxylic acids is 1. The van der Waals surface area contributed by atoms with Gasteiger partial charge in [0, 0.05) is 23.5 Å². The highest BCUT2D eigenvalue weighted by molar-refractivity contribution is 5.95. The van der Waals surface area contributed by atoms with E-state index in [2.05, 4.69) is 10.3 Å². The average Bonchev–Trinajstić information content (AvgIpc) is 3.08. The number of hydrogen-bond donors (Lipinski definition) is 2. The number of methoxy groups -OCH3 is 1. The fourth-order valence-corrected chi connectivity index (χ4v) is 3.96. The molecule has 1 aliphatic rings. The molecule has 35 heavy (non-hydrogen) atoms. The molecule has 0 saturated carbocycles. The van der Waals surface area contributed by atoms with Gasteiger partial charge in [0.2, 0.25) is 11.7 Å². The minimum absolute atomic E-state index is 0.0839. The molecule has 7 nitrogen and oxygen atoms in total. The molecule has 4 atom stereocenters. The Labute approximate surface area is 196 Å². The van der Waals surface area contributed by atoms with Crippen LogP contribution >= 0.6 is 0 Å². The summed E-state index contributed by atoms with van der Waals surface area (Å²) in [4.78, 5) is 16.7. The number of aliphatic hydroxyl groups is 1. The summed E-state index contributed by atoms with van der Waals surface area (Å²) < 4.78 is 99.9. The van der Waals surface area contributed by atoms with Crippen LogP contribution in [0.5, 0.6) is 11.6 Å². The Morgan fingerprint density at radius 2 is 1.94 bits per heavy atom. The Bertz CT molecular complexity index is 1100. The SMILES string of the molecule is COc1cc(NC(=O)[C@@H]2O[C@@](C)(C(F)(F)F)[C@@H](C)[C@H]2c2ccc(F)c(F)c2OCCO)c(F)cn1. The molecule has 0 bridgehead atoms. The molecule has 1 saturated heterocycles. The Morgan fingerprint density at radius 3 is 2.54 bits per heavy atom. The molecule has 1 fully saturated rings. The van der Waals surface area contributed by atoms with Gasteiger partial charge < -0.3 is 24.6 Å². The molecule has 2 aromatic rings. The Kier molecular flexibility index (Phi) is 7.50. The van der Waals surface area contributed by atoms with Crippen LogP contribution in [0.1, 0.15) is 25.3 Å². The molecule has 0 radical (unpaired) electrons. The summed E-state index contributed by atoms with van der Waals surface area (Å²) in [7, 11) is 1.23. The third kappa shape index (κ3) is 4.87. The highest BCUT2D eigenvalue weighted by atomic mass is 19.4. The van der Waals surface area contributed by atoms with Gasteiger partial charge in [-0.2, -0.15) is 17.6 Å². The largest absolute Gasteiger partial charge is 0.488 e. The van der Waals surface area contributed by atoms with Crippen molar-refractivity contribution in [2.75, 3.05) is 25.6 Å². The van der Waals surface area contributed by atoms with Gasteiger partial charge in [-0.3, -0.25) is 4.79 Å². The summed E-state index contributed by atoms with van der Waals surface area (Å²) in [6, 6.07) is 2.67. The zero-order valence-corrected chi connectivity index (χ0v) is 18.8. The number of amides is 1. The van der Waals surface area contributed by atoms with Gasteiger partial charge in [-0.1, -0.05) is 13.0 Å². The molecule has 1 aromatic carbocycles. The number of benzene rings is 1. The molecule has 13 heteroatoms. The number of anilines is 1. The van der Waals surface area contributed by atoms with Crippen LogP contribution in [0.4, 0.5) is 32.0 Å². The number of hydrogen-bond acceptors (Lipinski definition) is 6. The van der Waals surface area contributed by atoms with Crippen molar-refractivity contribution in [2.24, 2.45) is 5.92 Å². The number of halogens is 6. The van der Waals surface area contributed by atoms with Crippen LogP contribution in [0.2, 0.25) is 0 Å². The molecule has 2 heterocycles. The lowest BCUT2D eigenvalue weighted by molar-refractivity contribution is -0.272. The first-order valence-corrected chi connectivity index (χ1v) is 10.3. The third-order valence-electron chi connectivity index (χ3n) is 6.00. The van der Waals surface area contributed by atoms with Gasteiger partial charge >= 0.3 is 6.18 Å². The molecule has 2 N–H and O–H groups in total. The Morgan fingerprint density at radius 1 is 1.26 bits per heavy atom. The average molecular weight is 508 g/mol. The van der Waals surface area contributed by atoms with Crippen molar-refractivity contribution in [3.05, 3.63) is 47.4 Å². The highest BCUT2D eigenvalue weighted by Gasteiger charge is 2.66. The summed E-state index contributed by atoms with van der Waals surface area (Å²) in [6.07, 6.45) is -6.15. The summed E-state index contributed by atoms with van der Waals surface area (Å²) in [6.45, 7) is 0.769. The molecule has 0 aliphatic carbocycles. The second-order valence-corrected chi connectivity index (χ2v) is 8.01. The van der Waals surface area contributed by atoms with Crippen LogP contribution in [-0.4, -0.2) is 54.2 Å². The molecule has 3 rings (SSSR count). The quantitative estimate of drug-likeness (QED) is 0.551. The molecule has 192 valence electrons. The van der Waals surface area contributed by atoms with Gasteiger partial charge in [-0.15, -0.1) is 0 Å². The summed E-state index contributed by atoms with van der Waals surface area (Å²) in [5, 5.41) is 11.2. The van der Waals surface area contributed by atoms with Crippen molar-refractivity contribution >= 4 is 11.6 Å². The fourth-order valence-electron chi connectivity index (χ4n) is 3.96. The van der Waals surface area contributed by atoms with Crippen LogP contribution < -0.4 is 14.8 Å². The first-order valence-electron chi connectivity index (χ1n) is 10.3. The van der Waals surface area contributed by atoms with Crippen molar-refractivity contribution in [3.63, 3.8) is 0 Å². The number of carbonyl (C=O) groups is 1. The molecular weight excluding hydrogens is 486 g/mol. The van der Waals surface area contributed by atoms with Crippen molar-refractivity contribution in [1.82, 2.24) is 4.98 Å². The lowest BCUT2D eigenvalue weighted by Gasteiger charge is -2.32. The van der Waals surface area contributed by atoms with Crippen LogP contribution in [0, 0.1) is 23.4 Å². The maximum atomic E-state index is 14.6. The predicted octanol–water partition coefficient (Wildman–Crippen LogP) is 3.96. The number of rotatable bonds is 7. The molecule has 1 amide bonds. The summed E-state index contributed by atoms with van der Waals surface area (Å²) in [5.41, 5.74) is -3.61. The van der Waals surface area contributed by atoms with E-state index in [4.69, 9.17) is 19.3 Å². The fraction of sp³-hybridized carbons (Fsp3) is 0.455. The maximum Gasteiger partial charge on any atom is 0.417 e. The zero-order chi connectivity index (χ0) is 26.1. The van der Waals surface area contributed by atoms with Crippen molar-refractivity contribution < 1.29 is 50.5 Å². The first kappa shape index (κ1) is 26.5. The van der Waals surface area contributed by atoms with E-state index in [0.29, 0.717) is 6.07 Å². The number of pyridine rings is 1. The van der Waals surface area contributed by atoms with Gasteiger partial charge in [0.15, 0.2) is 23.0 Å². The molecule has 0 unspecified atom stereocenters. The minimum atomic E-state index is -4.96. The van der Waals surface area contributed by atoms with E-state index >= 15 is 0 Å². The lowest BCUT2D eigenvalue weighted by Crippen LogP contribution is -2.47. The smallest absolute Gasteiger partial charge is 0.417 e. The molecule has 1 aliphatic heterocycles. The maximum absolute atomic E-state index is 14.6. The molecule has 1 aromatic heterocycles. The standard InChI is InChI=1S/C22H22F6N2O5/c1-10-16(11-4-5-12(23)17(25)18(11)34-7-6-31)19(35-21(10,2)22(26,27)28)20(32)30-14-8-15(33-3)29-9-13(14)24/h4-5,8-10,16,19,31H,6-7H2,1-3H3,(H,29,30,32)/t10-,16-,19+,21+/m0/s1. The topological polar surface area (TPSA) is 89.9 Å². The predicted molar refractivity (Wildman–Crippen MR) is 110 cm³/mol. The van der Waals surface area contributed by atoms with Gasteiger partial charge in [-0.25, -0.2) is 13.8 Å². The van der Waals surface area contributed by atoms with E-state index in [0.717, 1.165) is 32.2 Å². The van der Waals surface area contributed by atoms with E-state index in [9.17, 15) is 31.1 Å². The van der Waals surface area contributed by atoms with Crippen molar-refractivity contribution in [3.8, 4) is 11.6 Å². The lowest BCUT2D eigenvalue weighted by atomic mass is 9.77. The van der Waals surface area contributed by atoms with E-state index in [1.807, 2.05) is 0 Å². The first-order chi connectivity index (χ1) is 16.4. The molecular formula is C22H22F6N2O5. The summed E-state index contributed by atoms with van der Waals surface area (Å²) >= 11 is 0. The second-order valence-electron chi connectivity index (χ2n) is 8.01. The van der Waals surface area contributed by atoms with Crippen molar-refractivity contribution in [2.45, 2.75) is 37.6 Å². The van der Waals surface area contributed by atoms with Crippen LogP contribution in [0.15, 0.2) is 24.4 Å². The van der Waals surface area contributed by atoms with E-state index in [-0.39, 0.29) is 11.4 Å². The van der Waals surface area contributed by atoms with Crippen molar-refractivity contribution in [1.29, 1.82) is 0 Å². The zero-order valence-electron chi connectivity index (χ0n) is 18.8. The number of nitrogens with zero attached hydrogens (tertiary/aromatic N) is 1. The number of aliphatic hydroxyl groups excluding tert-OH is 1. The van der Waals surface area contributed by atoms with Crippen LogP contribution in [0.25, 0.3) is 0 Å². The van der Waals surface area contributed by atoms with Gasteiger partial charge in [-0.05, 0) is 13.0 Å². The molecule has 0 spiro atoms. The Balaban J connectivity index is 2.10. The van der Waals surface area contributed by atoms with Gasteiger partial charge in [0.25, 0.3) is 5.91 Å².